The molecule has 0 aliphatic carbocycles. The maximum absolute atomic E-state index is 4.64. The van der Waals surface area contributed by atoms with Crippen LogP contribution in [0.1, 0.15) is 0 Å². The van der Waals surface area contributed by atoms with Gasteiger partial charge in [-0.2, -0.15) is 0 Å². The minimum absolute atomic E-state index is 0. The summed E-state index contributed by atoms with van der Waals surface area (Å²) in [5.74, 6) is 0. The Bertz CT molecular complexity index is 1550. The Hall–Kier alpha value is -3.30. The van der Waals surface area contributed by atoms with Crippen LogP contribution >= 0.6 is 11.8 Å². The summed E-state index contributed by atoms with van der Waals surface area (Å²) in [6.45, 7) is 0. The summed E-state index contributed by atoms with van der Waals surface area (Å²) in [5, 5.41) is 5.12. The monoisotopic (exact) mass is 631 g/mol. The molecule has 0 fully saturated rings. The third-order valence-corrected chi connectivity index (χ3v) is 6.76. The van der Waals surface area contributed by atoms with Crippen LogP contribution in [0.5, 0.6) is 0 Å². The van der Waals surface area contributed by atoms with E-state index in [0.717, 1.165) is 22.5 Å². The summed E-state index contributed by atoms with van der Waals surface area (Å²) in [7, 11) is 0. The van der Waals surface area contributed by atoms with E-state index in [4.69, 9.17) is 0 Å². The van der Waals surface area contributed by atoms with Crippen molar-refractivity contribution in [2.24, 2.45) is 0 Å². The SMILES string of the molecule is [Ir].[c-]1cccc2c1-c1nccc3c1c(cc1ccccc13)S2.[c-]1ccccc1-c1ccccn1. The van der Waals surface area contributed by atoms with Crippen LogP contribution in [-0.2, 0) is 20.1 Å². The molecule has 3 heterocycles. The van der Waals surface area contributed by atoms with Crippen LogP contribution in [0.15, 0.2) is 119 Å². The van der Waals surface area contributed by atoms with Crippen molar-refractivity contribution in [3.8, 4) is 22.5 Å². The quantitative estimate of drug-likeness (QED) is 0.136. The van der Waals surface area contributed by atoms with E-state index in [1.807, 2.05) is 72.6 Å². The fraction of sp³-hybridized carbons (Fsp3) is 0. The van der Waals surface area contributed by atoms with Crippen molar-refractivity contribution in [3.05, 3.63) is 122 Å². The Labute approximate surface area is 216 Å². The molecular formula is C30H18IrN2S-2. The number of fused-ring (bicyclic) bond motifs is 4. The zero-order valence-electron chi connectivity index (χ0n) is 18.0. The Morgan fingerprint density at radius 3 is 2.35 bits per heavy atom. The minimum Gasteiger partial charge on any atom is -0.305 e. The summed E-state index contributed by atoms with van der Waals surface area (Å²) in [6, 6.07) is 39.3. The fourth-order valence-corrected chi connectivity index (χ4v) is 5.31. The van der Waals surface area contributed by atoms with Gasteiger partial charge >= 0.3 is 0 Å². The van der Waals surface area contributed by atoms with Gasteiger partial charge in [0.05, 0.1) is 0 Å². The molecule has 0 unspecified atom stereocenters. The number of hydrogen-bond donors (Lipinski definition) is 0. The second-order valence-corrected chi connectivity index (χ2v) is 8.76. The first-order valence-corrected chi connectivity index (χ1v) is 11.6. The summed E-state index contributed by atoms with van der Waals surface area (Å²) >= 11 is 1.82. The molecule has 0 N–H and O–H groups in total. The van der Waals surface area contributed by atoms with E-state index in [-0.39, 0.29) is 20.1 Å². The molecule has 7 rings (SSSR count). The molecule has 0 bridgehead atoms. The molecule has 0 atom stereocenters. The first-order valence-electron chi connectivity index (χ1n) is 10.8. The Morgan fingerprint density at radius 2 is 1.50 bits per heavy atom. The molecule has 4 aromatic carbocycles. The minimum atomic E-state index is 0. The van der Waals surface area contributed by atoms with Crippen molar-refractivity contribution in [3.63, 3.8) is 0 Å². The molecule has 6 aromatic rings. The smallest absolute Gasteiger partial charge is 0.0167 e. The molecule has 2 nitrogen and oxygen atoms in total. The van der Waals surface area contributed by atoms with Crippen LogP contribution in [-0.4, -0.2) is 9.97 Å². The molecule has 34 heavy (non-hydrogen) atoms. The number of pyridine rings is 2. The molecule has 1 radical (unpaired) electrons. The van der Waals surface area contributed by atoms with Gasteiger partial charge in [-0.05, 0) is 51.1 Å². The first-order chi connectivity index (χ1) is 16.4. The van der Waals surface area contributed by atoms with Gasteiger partial charge in [0.15, 0.2) is 0 Å². The van der Waals surface area contributed by atoms with Crippen LogP contribution in [0.4, 0.5) is 0 Å². The van der Waals surface area contributed by atoms with Crippen molar-refractivity contribution < 1.29 is 20.1 Å². The molecule has 4 heteroatoms. The Kier molecular flexibility index (Phi) is 6.55. The molecule has 0 spiro atoms. The third-order valence-electron chi connectivity index (χ3n) is 5.66. The Balaban J connectivity index is 0.000000159. The topological polar surface area (TPSA) is 25.8 Å². The molecule has 2 aromatic heterocycles. The van der Waals surface area contributed by atoms with Crippen LogP contribution in [0.2, 0.25) is 0 Å². The van der Waals surface area contributed by atoms with E-state index in [0.29, 0.717) is 0 Å². The van der Waals surface area contributed by atoms with Gasteiger partial charge in [-0.15, -0.1) is 77.5 Å². The van der Waals surface area contributed by atoms with Gasteiger partial charge in [0, 0.05) is 37.4 Å². The van der Waals surface area contributed by atoms with E-state index in [1.54, 1.807) is 6.20 Å². The Morgan fingerprint density at radius 1 is 0.647 bits per heavy atom. The van der Waals surface area contributed by atoms with E-state index < -0.39 is 0 Å². The van der Waals surface area contributed by atoms with Gasteiger partial charge in [-0.3, -0.25) is 0 Å². The average Bonchev–Trinajstić information content (AvgIpc) is 2.90. The van der Waals surface area contributed by atoms with Crippen molar-refractivity contribution >= 4 is 33.3 Å². The van der Waals surface area contributed by atoms with Gasteiger partial charge in [0.25, 0.3) is 0 Å². The second kappa shape index (κ2) is 9.90. The molecule has 165 valence electrons. The molecular weight excluding hydrogens is 613 g/mol. The van der Waals surface area contributed by atoms with Crippen molar-refractivity contribution in [2.45, 2.75) is 9.79 Å². The summed E-state index contributed by atoms with van der Waals surface area (Å²) in [4.78, 5) is 11.4. The third kappa shape index (κ3) is 4.17. The number of rotatable bonds is 1. The number of aromatic nitrogens is 2. The summed E-state index contributed by atoms with van der Waals surface area (Å²) < 4.78 is 0. The van der Waals surface area contributed by atoms with Crippen molar-refractivity contribution in [1.82, 2.24) is 9.97 Å². The van der Waals surface area contributed by atoms with E-state index >= 15 is 0 Å². The normalized spacial score (nSPS) is 11.2. The standard InChI is InChI=1S/C19H10NS.C11H8N.Ir/c1-2-6-13-12(5-1)11-17-18-14(13)9-10-20-19(18)15-7-3-4-8-16(15)21-17;1-2-6-10(7-3-1)11-8-4-5-9-12-11;/h1-6,8-11H;1-6,8-9H;/q2*-1;. The predicted octanol–water partition coefficient (Wildman–Crippen LogP) is 7.87. The fourth-order valence-electron chi connectivity index (χ4n) is 4.17. The van der Waals surface area contributed by atoms with Gasteiger partial charge in [-0.25, -0.2) is 0 Å². The van der Waals surface area contributed by atoms with Gasteiger partial charge in [0.2, 0.25) is 0 Å². The van der Waals surface area contributed by atoms with Crippen LogP contribution < -0.4 is 0 Å². The second-order valence-electron chi connectivity index (χ2n) is 7.68. The van der Waals surface area contributed by atoms with Crippen LogP contribution in [0.3, 0.4) is 0 Å². The van der Waals surface area contributed by atoms with E-state index in [1.165, 1.54) is 31.3 Å². The molecule has 1 aliphatic heterocycles. The maximum atomic E-state index is 4.64. The van der Waals surface area contributed by atoms with Gasteiger partial charge in [0.1, 0.15) is 0 Å². The van der Waals surface area contributed by atoms with Gasteiger partial charge in [-0.1, -0.05) is 41.3 Å². The largest absolute Gasteiger partial charge is 0.305 e. The number of nitrogens with zero attached hydrogens (tertiary/aromatic N) is 2. The van der Waals surface area contributed by atoms with E-state index in [2.05, 4.69) is 64.6 Å². The van der Waals surface area contributed by atoms with Crippen molar-refractivity contribution in [2.75, 3.05) is 0 Å². The summed E-state index contributed by atoms with van der Waals surface area (Å²) in [6.07, 6.45) is 3.70. The number of hydrogen-bond acceptors (Lipinski definition) is 3. The molecule has 0 saturated carbocycles. The average molecular weight is 631 g/mol. The van der Waals surface area contributed by atoms with Crippen molar-refractivity contribution in [1.29, 1.82) is 0 Å². The number of benzene rings is 4. The zero-order chi connectivity index (χ0) is 22.0. The van der Waals surface area contributed by atoms with Crippen LogP contribution in [0, 0.1) is 12.1 Å². The van der Waals surface area contributed by atoms with Crippen LogP contribution in [0.25, 0.3) is 44.1 Å². The zero-order valence-corrected chi connectivity index (χ0v) is 21.2. The first kappa shape index (κ1) is 22.5. The molecule has 0 saturated heterocycles. The van der Waals surface area contributed by atoms with Gasteiger partial charge < -0.3 is 9.97 Å². The summed E-state index contributed by atoms with van der Waals surface area (Å²) in [5.41, 5.74) is 4.19. The molecule has 1 aliphatic rings. The molecule has 0 amide bonds. The van der Waals surface area contributed by atoms with E-state index in [9.17, 15) is 0 Å². The predicted molar refractivity (Wildman–Crippen MR) is 136 cm³/mol. The maximum Gasteiger partial charge on any atom is 0.0167 e.